The zero-order chi connectivity index (χ0) is 18.9. The van der Waals surface area contributed by atoms with Crippen LogP contribution < -0.4 is 0 Å². The Morgan fingerprint density at radius 3 is 2.81 bits per heavy atom. The minimum atomic E-state index is -0.414. The van der Waals surface area contributed by atoms with Crippen LogP contribution in [0.5, 0.6) is 0 Å². The van der Waals surface area contributed by atoms with Crippen LogP contribution in [0.3, 0.4) is 0 Å². The van der Waals surface area contributed by atoms with E-state index in [0.717, 1.165) is 19.3 Å². The highest BCUT2D eigenvalue weighted by Gasteiger charge is 2.63. The van der Waals surface area contributed by atoms with Gasteiger partial charge >= 0.3 is 0 Å². The van der Waals surface area contributed by atoms with Crippen LogP contribution in [0.2, 0.25) is 0 Å². The van der Waals surface area contributed by atoms with E-state index >= 15 is 0 Å². The topological polar surface area (TPSA) is 54.4 Å². The molecule has 4 rings (SSSR count). The quantitative estimate of drug-likeness (QED) is 0.490. The Labute approximate surface area is 169 Å². The molecule has 0 aromatic carbocycles. The Balaban J connectivity index is 1.74. The molecule has 0 radical (unpaired) electrons. The van der Waals surface area contributed by atoms with Gasteiger partial charge in [0.1, 0.15) is 5.78 Å². The summed E-state index contributed by atoms with van der Waals surface area (Å²) in [6.45, 7) is 6.70. The lowest BCUT2D eigenvalue weighted by atomic mass is 9.46. The molecule has 0 amide bonds. The monoisotopic (exact) mass is 468 g/mol. The van der Waals surface area contributed by atoms with Crippen molar-refractivity contribution in [3.05, 3.63) is 23.8 Å². The SMILES string of the molecule is CC1C[C@H]2[C@@H]3CCC4=CC(=O)C=C[C@]4(C)[C@H]3C(O)C[C@]2(C)[C@H]1C(=O)CI. The van der Waals surface area contributed by atoms with Crippen molar-refractivity contribution in [3.8, 4) is 0 Å². The molecule has 4 aliphatic rings. The number of fused-ring (bicyclic) bond motifs is 5. The van der Waals surface area contributed by atoms with Crippen molar-refractivity contribution in [3.63, 3.8) is 0 Å². The highest BCUT2D eigenvalue weighted by Crippen LogP contribution is 2.67. The minimum Gasteiger partial charge on any atom is -0.393 e. The first-order chi connectivity index (χ1) is 12.2. The summed E-state index contributed by atoms with van der Waals surface area (Å²) in [5.74, 6) is 1.99. The van der Waals surface area contributed by atoms with Crippen LogP contribution in [0, 0.1) is 40.4 Å². The van der Waals surface area contributed by atoms with Gasteiger partial charge in [0.15, 0.2) is 5.78 Å². The molecule has 0 saturated heterocycles. The number of hydrogen-bond acceptors (Lipinski definition) is 3. The lowest BCUT2D eigenvalue weighted by Gasteiger charge is -2.58. The predicted octanol–water partition coefficient (Wildman–Crippen LogP) is 4.13. The first-order valence-corrected chi connectivity index (χ1v) is 11.5. The van der Waals surface area contributed by atoms with E-state index < -0.39 is 6.10 Å². The first kappa shape index (κ1) is 18.9. The Morgan fingerprint density at radius 2 is 2.12 bits per heavy atom. The van der Waals surface area contributed by atoms with Gasteiger partial charge in [-0.3, -0.25) is 9.59 Å². The highest BCUT2D eigenvalue weighted by molar-refractivity contribution is 14.1. The number of alkyl halides is 1. The molecule has 0 heterocycles. The molecule has 2 unspecified atom stereocenters. The molecule has 0 aliphatic heterocycles. The smallest absolute Gasteiger partial charge is 0.178 e. The number of aliphatic hydroxyl groups is 1. The molecule has 3 nitrogen and oxygen atoms in total. The molecular weight excluding hydrogens is 439 g/mol. The van der Waals surface area contributed by atoms with Crippen LogP contribution in [-0.4, -0.2) is 27.2 Å². The number of ketones is 2. The van der Waals surface area contributed by atoms with Gasteiger partial charge in [-0.15, -0.1) is 0 Å². The summed E-state index contributed by atoms with van der Waals surface area (Å²) in [5.41, 5.74) is 0.889. The molecule has 0 aromatic rings. The standard InChI is InChI=1S/C22H29IO3/c1-12-8-16-15-5-4-13-9-14(24)6-7-21(13,2)20(15)17(25)10-22(16,3)19(12)18(26)11-23/h6-7,9,12,15-17,19-20,25H,4-5,8,10-11H2,1-3H3/t12?,15-,16-,17?,19+,20+,21-,22-/m0/s1. The third-order valence-corrected chi connectivity index (χ3v) is 9.07. The fourth-order valence-electron chi connectivity index (χ4n) is 7.46. The number of allylic oxidation sites excluding steroid dienone is 4. The van der Waals surface area contributed by atoms with Gasteiger partial charge < -0.3 is 5.11 Å². The van der Waals surface area contributed by atoms with Crippen molar-refractivity contribution in [1.82, 2.24) is 0 Å². The summed E-state index contributed by atoms with van der Waals surface area (Å²) in [6, 6.07) is 0. The van der Waals surface area contributed by atoms with Crippen LogP contribution >= 0.6 is 22.6 Å². The Bertz CT molecular complexity index is 710. The van der Waals surface area contributed by atoms with Crippen molar-refractivity contribution in [2.24, 2.45) is 40.4 Å². The van der Waals surface area contributed by atoms with Gasteiger partial charge in [0.25, 0.3) is 0 Å². The van der Waals surface area contributed by atoms with E-state index in [-0.39, 0.29) is 28.4 Å². The minimum absolute atomic E-state index is 0.0771. The van der Waals surface area contributed by atoms with Gasteiger partial charge in [-0.1, -0.05) is 55.0 Å². The first-order valence-electron chi connectivity index (χ1n) is 9.93. The molecule has 3 saturated carbocycles. The summed E-state index contributed by atoms with van der Waals surface area (Å²) < 4.78 is 0.564. The van der Waals surface area contributed by atoms with Gasteiger partial charge in [0, 0.05) is 17.3 Å². The number of rotatable bonds is 2. The number of halogens is 1. The molecular formula is C22H29IO3. The third-order valence-electron chi connectivity index (χ3n) is 8.31. The molecule has 142 valence electrons. The lowest BCUT2D eigenvalue weighted by molar-refractivity contribution is -0.138. The van der Waals surface area contributed by atoms with Crippen LogP contribution in [0.15, 0.2) is 23.8 Å². The van der Waals surface area contributed by atoms with Crippen molar-refractivity contribution in [2.45, 2.75) is 52.6 Å². The molecule has 26 heavy (non-hydrogen) atoms. The van der Waals surface area contributed by atoms with Crippen LogP contribution in [0.4, 0.5) is 0 Å². The van der Waals surface area contributed by atoms with Crippen LogP contribution in [-0.2, 0) is 9.59 Å². The van der Waals surface area contributed by atoms with Gasteiger partial charge in [-0.25, -0.2) is 0 Å². The van der Waals surface area contributed by atoms with E-state index in [1.165, 1.54) is 5.57 Å². The van der Waals surface area contributed by atoms with Gasteiger partial charge in [0.2, 0.25) is 0 Å². The van der Waals surface area contributed by atoms with Crippen LogP contribution in [0.1, 0.15) is 46.5 Å². The number of carbonyl (C=O) groups is 2. The van der Waals surface area contributed by atoms with E-state index in [4.69, 9.17) is 0 Å². The summed E-state index contributed by atoms with van der Waals surface area (Å²) in [7, 11) is 0. The number of hydrogen-bond donors (Lipinski definition) is 1. The van der Waals surface area contributed by atoms with Gasteiger partial charge in [0.05, 0.1) is 10.5 Å². The zero-order valence-corrected chi connectivity index (χ0v) is 18.0. The second-order valence-electron chi connectivity index (χ2n) is 9.59. The molecule has 4 aliphatic carbocycles. The molecule has 4 heteroatoms. The van der Waals surface area contributed by atoms with Crippen molar-refractivity contribution < 1.29 is 14.7 Å². The Kier molecular flexibility index (Phi) is 4.54. The van der Waals surface area contributed by atoms with E-state index in [1.807, 2.05) is 0 Å². The summed E-state index contributed by atoms with van der Waals surface area (Å²) in [6.07, 6.45) is 8.90. The second-order valence-corrected chi connectivity index (χ2v) is 10.4. The molecule has 1 N–H and O–H groups in total. The number of aliphatic hydroxyl groups excluding tert-OH is 1. The van der Waals surface area contributed by atoms with E-state index in [2.05, 4.69) is 49.4 Å². The van der Waals surface area contributed by atoms with Gasteiger partial charge in [-0.05, 0) is 61.0 Å². The fourth-order valence-corrected chi connectivity index (χ4v) is 7.94. The van der Waals surface area contributed by atoms with E-state index in [9.17, 15) is 14.7 Å². The maximum absolute atomic E-state index is 12.7. The Morgan fingerprint density at radius 1 is 1.38 bits per heavy atom. The molecule has 8 atom stereocenters. The van der Waals surface area contributed by atoms with Crippen molar-refractivity contribution >= 4 is 34.2 Å². The summed E-state index contributed by atoms with van der Waals surface area (Å²) >= 11 is 2.19. The maximum atomic E-state index is 12.7. The van der Waals surface area contributed by atoms with Crippen molar-refractivity contribution in [2.75, 3.05) is 4.43 Å². The molecule has 0 spiro atoms. The normalized spacial score (nSPS) is 49.9. The third kappa shape index (κ3) is 2.47. The average Bonchev–Trinajstić information content (AvgIpc) is 2.84. The highest BCUT2D eigenvalue weighted by atomic mass is 127. The average molecular weight is 468 g/mol. The van der Waals surface area contributed by atoms with Crippen LogP contribution in [0.25, 0.3) is 0 Å². The lowest BCUT2D eigenvalue weighted by Crippen LogP contribution is -2.56. The van der Waals surface area contributed by atoms with Crippen molar-refractivity contribution in [1.29, 1.82) is 0 Å². The van der Waals surface area contributed by atoms with E-state index in [1.54, 1.807) is 12.2 Å². The zero-order valence-electron chi connectivity index (χ0n) is 15.9. The molecule has 3 fully saturated rings. The Hall–Kier alpha value is -0.490. The number of carbonyl (C=O) groups excluding carboxylic acids is 2. The molecule has 0 aromatic heterocycles. The maximum Gasteiger partial charge on any atom is 0.178 e. The molecule has 0 bridgehead atoms. The largest absolute Gasteiger partial charge is 0.393 e. The predicted molar refractivity (Wildman–Crippen MR) is 110 cm³/mol. The van der Waals surface area contributed by atoms with Gasteiger partial charge in [-0.2, -0.15) is 0 Å². The fraction of sp³-hybridized carbons (Fsp3) is 0.727. The number of Topliss-reactive ketones (excluding diaryl/α,β-unsaturated/α-hetero) is 1. The summed E-state index contributed by atoms with van der Waals surface area (Å²) in [5, 5.41) is 11.3. The van der Waals surface area contributed by atoms with E-state index in [0.29, 0.717) is 34.4 Å². The summed E-state index contributed by atoms with van der Waals surface area (Å²) in [4.78, 5) is 24.6. The second kappa shape index (κ2) is 6.26.